The van der Waals surface area contributed by atoms with Gasteiger partial charge in [0.2, 0.25) is 10.0 Å². The highest BCUT2D eigenvalue weighted by Gasteiger charge is 2.27. The molecule has 0 aromatic heterocycles. The zero-order chi connectivity index (χ0) is 13.9. The Hall–Kier alpha value is -0.960. The van der Waals surface area contributed by atoms with E-state index in [0.717, 1.165) is 10.6 Å². The third kappa shape index (κ3) is 3.29. The van der Waals surface area contributed by atoms with Crippen LogP contribution < -0.4 is 4.31 Å². The summed E-state index contributed by atoms with van der Waals surface area (Å²) >= 11 is 11.8. The van der Waals surface area contributed by atoms with Gasteiger partial charge >= 0.3 is 0 Å². The van der Waals surface area contributed by atoms with E-state index in [2.05, 4.69) is 0 Å². The van der Waals surface area contributed by atoms with E-state index in [-0.39, 0.29) is 10.7 Å². The van der Waals surface area contributed by atoms with Gasteiger partial charge in [0.25, 0.3) is 0 Å². The van der Waals surface area contributed by atoms with Crippen LogP contribution in [0.15, 0.2) is 18.2 Å². The first kappa shape index (κ1) is 15.1. The Labute approximate surface area is 117 Å². The molecular formula is C11H12Cl2N2O2S. The molecule has 7 heteroatoms. The molecule has 4 nitrogen and oxygen atoms in total. The summed E-state index contributed by atoms with van der Waals surface area (Å²) in [5.41, 5.74) is 0.261. The normalized spacial score (nSPS) is 12.8. The van der Waals surface area contributed by atoms with Gasteiger partial charge in [0.1, 0.15) is 6.04 Å². The molecule has 0 bridgehead atoms. The van der Waals surface area contributed by atoms with Gasteiger partial charge in [0.05, 0.1) is 23.0 Å². The van der Waals surface area contributed by atoms with Gasteiger partial charge in [-0.2, -0.15) is 5.26 Å². The number of nitriles is 1. The Bertz CT molecular complexity index is 581. The average molecular weight is 307 g/mol. The number of nitrogens with zero attached hydrogens (tertiary/aromatic N) is 2. The van der Waals surface area contributed by atoms with Crippen molar-refractivity contribution in [3.63, 3.8) is 0 Å². The highest BCUT2D eigenvalue weighted by Crippen LogP contribution is 2.32. The number of benzene rings is 1. The predicted octanol–water partition coefficient (Wildman–Crippen LogP) is 3.06. The molecule has 0 saturated carbocycles. The minimum absolute atomic E-state index is 0.196. The summed E-state index contributed by atoms with van der Waals surface area (Å²) in [4.78, 5) is 0. The fraction of sp³-hybridized carbons (Fsp3) is 0.364. The molecule has 0 aliphatic carbocycles. The van der Waals surface area contributed by atoms with Gasteiger partial charge in [-0.3, -0.25) is 4.31 Å². The zero-order valence-electron chi connectivity index (χ0n) is 9.89. The van der Waals surface area contributed by atoms with Crippen LogP contribution in [0.2, 0.25) is 10.0 Å². The van der Waals surface area contributed by atoms with E-state index in [4.69, 9.17) is 28.5 Å². The second-order valence-corrected chi connectivity index (χ2v) is 6.41. The number of rotatable bonds is 4. The fourth-order valence-corrected chi connectivity index (χ4v) is 3.27. The van der Waals surface area contributed by atoms with Crippen molar-refractivity contribution in [2.75, 3.05) is 10.6 Å². The molecule has 0 fully saturated rings. The number of hydrogen-bond acceptors (Lipinski definition) is 3. The maximum absolute atomic E-state index is 11.8. The van der Waals surface area contributed by atoms with Crippen molar-refractivity contribution < 1.29 is 8.42 Å². The van der Waals surface area contributed by atoms with Gasteiger partial charge in [-0.15, -0.1) is 0 Å². The standard InChI is InChI=1S/C11H12Cl2N2O2S/c1-3-9(7-14)15(18(2,16)17)11-5-4-8(12)6-10(11)13/h4-6,9H,3H2,1-2H3. The number of halogens is 2. The molecule has 0 aliphatic heterocycles. The summed E-state index contributed by atoms with van der Waals surface area (Å²) in [7, 11) is -3.59. The van der Waals surface area contributed by atoms with Crippen molar-refractivity contribution in [1.29, 1.82) is 5.26 Å². The van der Waals surface area contributed by atoms with E-state index in [1.807, 2.05) is 6.07 Å². The van der Waals surface area contributed by atoms with E-state index in [1.54, 1.807) is 6.92 Å². The van der Waals surface area contributed by atoms with Gasteiger partial charge in [-0.1, -0.05) is 30.1 Å². The van der Waals surface area contributed by atoms with Crippen molar-refractivity contribution in [2.24, 2.45) is 0 Å². The first-order valence-electron chi connectivity index (χ1n) is 5.15. The van der Waals surface area contributed by atoms with Crippen molar-refractivity contribution >= 4 is 38.9 Å². The van der Waals surface area contributed by atoms with E-state index < -0.39 is 16.1 Å². The lowest BCUT2D eigenvalue weighted by atomic mass is 10.2. The lowest BCUT2D eigenvalue weighted by molar-refractivity contribution is 0.590. The van der Waals surface area contributed by atoms with Gasteiger partial charge in [-0.05, 0) is 24.6 Å². The molecule has 1 rings (SSSR count). The van der Waals surface area contributed by atoms with Crippen LogP contribution in [0.1, 0.15) is 13.3 Å². The van der Waals surface area contributed by atoms with Gasteiger partial charge in [-0.25, -0.2) is 8.42 Å². The lowest BCUT2D eigenvalue weighted by Gasteiger charge is -2.27. The summed E-state index contributed by atoms with van der Waals surface area (Å²) in [6.45, 7) is 1.73. The molecule has 0 spiro atoms. The van der Waals surface area contributed by atoms with Crippen LogP contribution in [0.3, 0.4) is 0 Å². The Balaban J connectivity index is 3.41. The van der Waals surface area contributed by atoms with Crippen molar-refractivity contribution in [1.82, 2.24) is 0 Å². The highest BCUT2D eigenvalue weighted by molar-refractivity contribution is 7.92. The minimum Gasteiger partial charge on any atom is -0.252 e. The Morgan fingerprint density at radius 1 is 1.44 bits per heavy atom. The topological polar surface area (TPSA) is 61.2 Å². The maximum Gasteiger partial charge on any atom is 0.233 e. The molecule has 0 N–H and O–H groups in total. The molecule has 18 heavy (non-hydrogen) atoms. The summed E-state index contributed by atoms with van der Waals surface area (Å²) in [6, 6.07) is 5.63. The van der Waals surface area contributed by atoms with Gasteiger partial charge < -0.3 is 0 Å². The first-order chi connectivity index (χ1) is 8.31. The van der Waals surface area contributed by atoms with Gasteiger partial charge in [0.15, 0.2) is 0 Å². The lowest BCUT2D eigenvalue weighted by Crippen LogP contribution is -2.38. The molecule has 1 aromatic rings. The molecule has 98 valence electrons. The van der Waals surface area contributed by atoms with Crippen molar-refractivity contribution in [3.8, 4) is 6.07 Å². The largest absolute Gasteiger partial charge is 0.252 e. The minimum atomic E-state index is -3.59. The SMILES string of the molecule is CCC(C#N)N(c1ccc(Cl)cc1Cl)S(C)(=O)=O. The van der Waals surface area contributed by atoms with Crippen LogP contribution in [0.25, 0.3) is 0 Å². The Morgan fingerprint density at radius 2 is 2.06 bits per heavy atom. The summed E-state index contributed by atoms with van der Waals surface area (Å²) < 4.78 is 24.6. The van der Waals surface area contributed by atoms with E-state index in [9.17, 15) is 8.42 Å². The molecule has 1 aromatic carbocycles. The molecule has 1 unspecified atom stereocenters. The summed E-state index contributed by atoms with van der Waals surface area (Å²) in [6.07, 6.45) is 1.40. The van der Waals surface area contributed by atoms with Crippen LogP contribution in [0.4, 0.5) is 5.69 Å². The van der Waals surface area contributed by atoms with Crippen LogP contribution in [0, 0.1) is 11.3 Å². The summed E-state index contributed by atoms with van der Waals surface area (Å²) in [5, 5.41) is 9.64. The third-order valence-corrected chi connectivity index (χ3v) is 4.03. The van der Waals surface area contributed by atoms with E-state index >= 15 is 0 Å². The second kappa shape index (κ2) is 5.79. The monoisotopic (exact) mass is 306 g/mol. The fourth-order valence-electron chi connectivity index (χ4n) is 1.55. The number of hydrogen-bond donors (Lipinski definition) is 0. The first-order valence-corrected chi connectivity index (χ1v) is 7.75. The smallest absolute Gasteiger partial charge is 0.233 e. The van der Waals surface area contributed by atoms with Crippen molar-refractivity contribution in [2.45, 2.75) is 19.4 Å². The quantitative estimate of drug-likeness (QED) is 0.859. The van der Waals surface area contributed by atoms with Crippen LogP contribution in [-0.2, 0) is 10.0 Å². The maximum atomic E-state index is 11.8. The predicted molar refractivity (Wildman–Crippen MR) is 73.5 cm³/mol. The average Bonchev–Trinajstić information content (AvgIpc) is 2.25. The van der Waals surface area contributed by atoms with E-state index in [1.165, 1.54) is 18.2 Å². The molecule has 0 heterocycles. The van der Waals surface area contributed by atoms with Gasteiger partial charge in [0, 0.05) is 5.02 Å². The Kier molecular flexibility index (Phi) is 4.85. The summed E-state index contributed by atoms with van der Waals surface area (Å²) in [5.74, 6) is 0. The molecule has 0 radical (unpaired) electrons. The number of anilines is 1. The molecule has 0 saturated heterocycles. The molecular weight excluding hydrogens is 295 g/mol. The van der Waals surface area contributed by atoms with Crippen molar-refractivity contribution in [3.05, 3.63) is 28.2 Å². The van der Waals surface area contributed by atoms with E-state index in [0.29, 0.717) is 11.4 Å². The molecule has 0 aliphatic rings. The second-order valence-electron chi connectivity index (χ2n) is 3.71. The number of sulfonamides is 1. The zero-order valence-corrected chi connectivity index (χ0v) is 12.2. The molecule has 0 amide bonds. The van der Waals surface area contributed by atoms with Crippen LogP contribution in [0.5, 0.6) is 0 Å². The highest BCUT2D eigenvalue weighted by atomic mass is 35.5. The van der Waals surface area contributed by atoms with Crippen LogP contribution >= 0.6 is 23.2 Å². The van der Waals surface area contributed by atoms with Crippen LogP contribution in [-0.4, -0.2) is 20.7 Å². The molecule has 1 atom stereocenters. The Morgan fingerprint density at radius 3 is 2.44 bits per heavy atom. The third-order valence-electron chi connectivity index (χ3n) is 2.32.